The molecule has 4 nitrogen and oxygen atoms in total. The Morgan fingerprint density at radius 2 is 1.88 bits per heavy atom. The van der Waals surface area contributed by atoms with E-state index in [4.69, 9.17) is 16.3 Å². The van der Waals surface area contributed by atoms with Crippen molar-refractivity contribution in [2.24, 2.45) is 17.3 Å². The van der Waals surface area contributed by atoms with Gasteiger partial charge in [0.25, 0.3) is 5.91 Å². The second kappa shape index (κ2) is 5.72. The van der Waals surface area contributed by atoms with Gasteiger partial charge in [-0.05, 0) is 68.4 Å². The van der Waals surface area contributed by atoms with Crippen molar-refractivity contribution in [1.29, 1.82) is 0 Å². The van der Waals surface area contributed by atoms with E-state index in [2.05, 4.69) is 0 Å². The topological polar surface area (TPSA) is 46.6 Å². The predicted molar refractivity (Wildman–Crippen MR) is 99.2 cm³/mol. The summed E-state index contributed by atoms with van der Waals surface area (Å²) in [5.41, 5.74) is 1.68. The number of halogens is 1. The first-order valence-corrected chi connectivity index (χ1v) is 10.1. The van der Waals surface area contributed by atoms with Crippen LogP contribution in [0, 0.1) is 17.3 Å². The molecule has 4 bridgehead atoms. The number of rotatable bonds is 3. The van der Waals surface area contributed by atoms with Crippen LogP contribution in [0.15, 0.2) is 24.3 Å². The number of hydrogen-bond donors (Lipinski definition) is 0. The van der Waals surface area contributed by atoms with Gasteiger partial charge in [0.1, 0.15) is 0 Å². The lowest BCUT2D eigenvalue weighted by Gasteiger charge is -2.58. The zero-order valence-electron chi connectivity index (χ0n) is 14.9. The van der Waals surface area contributed by atoms with E-state index < -0.39 is 5.41 Å². The molecule has 1 heterocycles. The monoisotopic (exact) mass is 373 g/mol. The molecule has 5 heteroatoms. The fourth-order valence-corrected chi connectivity index (χ4v) is 7.04. The molecule has 6 rings (SSSR count). The van der Waals surface area contributed by atoms with Gasteiger partial charge in [-0.2, -0.15) is 0 Å². The van der Waals surface area contributed by atoms with E-state index in [0.29, 0.717) is 24.8 Å². The summed E-state index contributed by atoms with van der Waals surface area (Å²) in [6.07, 6.45) is 6.61. The van der Waals surface area contributed by atoms with Gasteiger partial charge in [-0.1, -0.05) is 18.2 Å². The summed E-state index contributed by atoms with van der Waals surface area (Å²) in [7, 11) is 0. The number of para-hydroxylation sites is 1. The van der Waals surface area contributed by atoms with Crippen LogP contribution in [0.1, 0.15) is 44.1 Å². The highest BCUT2D eigenvalue weighted by molar-refractivity contribution is 6.24. The molecule has 0 radical (unpaired) electrons. The summed E-state index contributed by atoms with van der Waals surface area (Å²) < 4.78 is 5.57. The van der Waals surface area contributed by atoms with Crippen LogP contribution >= 0.6 is 11.6 Å². The van der Waals surface area contributed by atoms with Crippen LogP contribution in [-0.4, -0.2) is 29.9 Å². The highest BCUT2D eigenvalue weighted by atomic mass is 35.5. The van der Waals surface area contributed by atoms with Crippen LogP contribution < -0.4 is 4.90 Å². The highest BCUT2D eigenvalue weighted by Crippen LogP contribution is 2.64. The van der Waals surface area contributed by atoms with E-state index in [1.807, 2.05) is 24.3 Å². The lowest BCUT2D eigenvalue weighted by Crippen LogP contribution is -2.56. The Morgan fingerprint density at radius 1 is 1.15 bits per heavy atom. The van der Waals surface area contributed by atoms with Crippen molar-refractivity contribution in [3.8, 4) is 0 Å². The number of benzene rings is 1. The van der Waals surface area contributed by atoms with Crippen LogP contribution in [0.5, 0.6) is 0 Å². The van der Waals surface area contributed by atoms with Gasteiger partial charge < -0.3 is 9.64 Å². The Kier molecular flexibility index (Phi) is 3.66. The zero-order valence-corrected chi connectivity index (χ0v) is 15.6. The van der Waals surface area contributed by atoms with Crippen molar-refractivity contribution in [2.75, 3.05) is 18.1 Å². The van der Waals surface area contributed by atoms with E-state index in [0.717, 1.165) is 37.8 Å². The van der Waals surface area contributed by atoms with Crippen molar-refractivity contribution in [3.63, 3.8) is 0 Å². The molecule has 4 atom stereocenters. The van der Waals surface area contributed by atoms with E-state index in [1.165, 1.54) is 12.0 Å². The molecule has 138 valence electrons. The van der Waals surface area contributed by atoms with Crippen molar-refractivity contribution in [2.45, 2.75) is 49.8 Å². The van der Waals surface area contributed by atoms with E-state index >= 15 is 0 Å². The first-order chi connectivity index (χ1) is 12.5. The number of hydrogen-bond acceptors (Lipinski definition) is 3. The fourth-order valence-electron chi connectivity index (χ4n) is 6.35. The molecule has 4 aliphatic carbocycles. The van der Waals surface area contributed by atoms with Crippen LogP contribution in [0.4, 0.5) is 5.69 Å². The molecule has 1 amide bonds. The third kappa shape index (κ3) is 2.57. The quantitative estimate of drug-likeness (QED) is 0.599. The molecular weight excluding hydrogens is 350 g/mol. The number of carbonyl (C=O) groups is 2. The van der Waals surface area contributed by atoms with Crippen molar-refractivity contribution >= 4 is 29.2 Å². The SMILES string of the molecule is O=C(COC(=O)C12C[C@@H]3C[C@@H](CC(Cl)(C3)C1)C2)N1CCc2ccccc21. The molecular formula is C21H24ClNO3. The van der Waals surface area contributed by atoms with E-state index in [1.54, 1.807) is 4.90 Å². The highest BCUT2D eigenvalue weighted by Gasteiger charge is 2.60. The first kappa shape index (κ1) is 16.6. The largest absolute Gasteiger partial charge is 0.455 e. The molecule has 1 aliphatic heterocycles. The maximum absolute atomic E-state index is 13.0. The van der Waals surface area contributed by atoms with Crippen LogP contribution in [-0.2, 0) is 20.7 Å². The molecule has 0 N–H and O–H groups in total. The number of esters is 1. The second-order valence-electron chi connectivity index (χ2n) is 8.89. The summed E-state index contributed by atoms with van der Waals surface area (Å²) >= 11 is 6.80. The molecule has 5 aliphatic rings. The second-order valence-corrected chi connectivity index (χ2v) is 9.69. The average Bonchev–Trinajstić information content (AvgIpc) is 3.01. The lowest BCUT2D eigenvalue weighted by atomic mass is 9.49. The van der Waals surface area contributed by atoms with Crippen LogP contribution in [0.25, 0.3) is 0 Å². The minimum atomic E-state index is -0.449. The Labute approximate surface area is 158 Å². The van der Waals surface area contributed by atoms with Gasteiger partial charge in [0.15, 0.2) is 6.61 Å². The standard InChI is InChI=1S/C21H24ClNO3/c22-21-10-14-7-15(11-21)9-20(8-14,13-21)19(25)26-12-18(24)23-6-5-16-3-1-2-4-17(16)23/h1-4,14-15H,5-13H2/t14-,15+,20?,21?. The summed E-state index contributed by atoms with van der Waals surface area (Å²) in [6, 6.07) is 7.93. The molecule has 0 spiro atoms. The summed E-state index contributed by atoms with van der Waals surface area (Å²) in [6.45, 7) is 0.495. The smallest absolute Gasteiger partial charge is 0.312 e. The summed E-state index contributed by atoms with van der Waals surface area (Å²) in [4.78, 5) is 27.1. The molecule has 0 aromatic heterocycles. The average molecular weight is 374 g/mol. The number of ether oxygens (including phenoxy) is 1. The number of nitrogens with zero attached hydrogens (tertiary/aromatic N) is 1. The van der Waals surface area contributed by atoms with Gasteiger partial charge >= 0.3 is 5.97 Å². The van der Waals surface area contributed by atoms with Crippen molar-refractivity contribution < 1.29 is 14.3 Å². The Balaban J connectivity index is 1.26. The van der Waals surface area contributed by atoms with Crippen LogP contribution in [0.3, 0.4) is 0 Å². The molecule has 1 aromatic rings. The number of anilines is 1. The maximum atomic E-state index is 13.0. The predicted octanol–water partition coefficient (Wildman–Crippen LogP) is 3.70. The maximum Gasteiger partial charge on any atom is 0.312 e. The summed E-state index contributed by atoms with van der Waals surface area (Å²) in [5.74, 6) is 0.760. The molecule has 4 saturated carbocycles. The summed E-state index contributed by atoms with van der Waals surface area (Å²) in [5, 5.41) is 0. The normalized spacial score (nSPS) is 36.9. The fraction of sp³-hybridized carbons (Fsp3) is 0.619. The van der Waals surface area contributed by atoms with E-state index in [-0.39, 0.29) is 23.4 Å². The molecule has 26 heavy (non-hydrogen) atoms. The van der Waals surface area contributed by atoms with Crippen molar-refractivity contribution in [1.82, 2.24) is 0 Å². The van der Waals surface area contributed by atoms with Gasteiger partial charge in [-0.15, -0.1) is 11.6 Å². The molecule has 0 saturated heterocycles. The number of fused-ring (bicyclic) bond motifs is 1. The van der Waals surface area contributed by atoms with Gasteiger partial charge in [0.05, 0.1) is 5.41 Å². The minimum Gasteiger partial charge on any atom is -0.455 e. The molecule has 1 aromatic carbocycles. The Bertz CT molecular complexity index is 762. The van der Waals surface area contributed by atoms with Crippen molar-refractivity contribution in [3.05, 3.63) is 29.8 Å². The van der Waals surface area contributed by atoms with Gasteiger partial charge in [-0.3, -0.25) is 9.59 Å². The van der Waals surface area contributed by atoms with Crippen LogP contribution in [0.2, 0.25) is 0 Å². The zero-order chi connectivity index (χ0) is 17.9. The van der Waals surface area contributed by atoms with Gasteiger partial charge in [0, 0.05) is 17.1 Å². The third-order valence-electron chi connectivity index (χ3n) is 6.94. The van der Waals surface area contributed by atoms with E-state index in [9.17, 15) is 9.59 Å². The van der Waals surface area contributed by atoms with Gasteiger partial charge in [0.2, 0.25) is 0 Å². The lowest BCUT2D eigenvalue weighted by molar-refractivity contribution is -0.171. The number of amides is 1. The minimum absolute atomic E-state index is 0.131. The molecule has 4 fully saturated rings. The Hall–Kier alpha value is -1.55. The third-order valence-corrected chi connectivity index (χ3v) is 7.38. The number of alkyl halides is 1. The van der Waals surface area contributed by atoms with Gasteiger partial charge in [-0.25, -0.2) is 0 Å². The first-order valence-electron chi connectivity index (χ1n) is 9.71. The Morgan fingerprint density at radius 3 is 2.62 bits per heavy atom. The number of carbonyl (C=O) groups excluding carboxylic acids is 2. The molecule has 2 unspecified atom stereocenters.